The van der Waals surface area contributed by atoms with Gasteiger partial charge in [0.1, 0.15) is 17.2 Å². The van der Waals surface area contributed by atoms with E-state index in [-0.39, 0.29) is 17.2 Å². The van der Waals surface area contributed by atoms with Crippen molar-refractivity contribution in [1.29, 1.82) is 0 Å². The van der Waals surface area contributed by atoms with Crippen molar-refractivity contribution in [3.05, 3.63) is 52.8 Å². The molecule has 0 fully saturated rings. The number of rotatable bonds is 8. The Morgan fingerprint density at radius 2 is 1.72 bits per heavy atom. The van der Waals surface area contributed by atoms with E-state index in [0.717, 1.165) is 0 Å². The van der Waals surface area contributed by atoms with Gasteiger partial charge >= 0.3 is 0 Å². The summed E-state index contributed by atoms with van der Waals surface area (Å²) < 4.78 is 12.7. The fourth-order valence-corrected chi connectivity index (χ4v) is 3.59. The molecule has 0 spiro atoms. The Balaban J connectivity index is 1.78. The molecule has 1 aromatic heterocycles. The van der Waals surface area contributed by atoms with Crippen molar-refractivity contribution < 1.29 is 14.3 Å². The van der Waals surface area contributed by atoms with Gasteiger partial charge in [0.2, 0.25) is 5.91 Å². The molecule has 152 valence electrons. The predicted octanol–water partition coefficient (Wildman–Crippen LogP) is 3.46. The zero-order valence-electron chi connectivity index (χ0n) is 16.6. The van der Waals surface area contributed by atoms with E-state index >= 15 is 0 Å². The first-order valence-electron chi connectivity index (χ1n) is 9.32. The van der Waals surface area contributed by atoms with E-state index in [0.29, 0.717) is 46.5 Å². The minimum Gasteiger partial charge on any atom is -0.492 e. The Bertz CT molecular complexity index is 1060. The van der Waals surface area contributed by atoms with Gasteiger partial charge in [0.05, 0.1) is 29.9 Å². The maximum atomic E-state index is 12.6. The lowest BCUT2D eigenvalue weighted by Gasteiger charge is -2.16. The molecule has 1 N–H and O–H groups in total. The van der Waals surface area contributed by atoms with Gasteiger partial charge < -0.3 is 14.8 Å². The Hall–Kier alpha value is -3.00. The highest BCUT2D eigenvalue weighted by molar-refractivity contribution is 7.99. The van der Waals surface area contributed by atoms with Crippen molar-refractivity contribution in [2.45, 2.75) is 19.0 Å². The average molecular weight is 413 g/mol. The molecular formula is C21H23N3O4S. The highest BCUT2D eigenvalue weighted by atomic mass is 32.2. The van der Waals surface area contributed by atoms with Crippen LogP contribution in [0.3, 0.4) is 0 Å². The van der Waals surface area contributed by atoms with Crippen LogP contribution in [0.2, 0.25) is 0 Å². The number of hydrogen-bond donors (Lipinski definition) is 1. The molecule has 1 amide bonds. The van der Waals surface area contributed by atoms with Crippen molar-refractivity contribution in [3.63, 3.8) is 0 Å². The minimum atomic E-state index is -0.245. The molecule has 0 aliphatic heterocycles. The number of fused-ring (bicyclic) bond motifs is 1. The topological polar surface area (TPSA) is 82.5 Å². The van der Waals surface area contributed by atoms with Crippen LogP contribution in [0.5, 0.6) is 11.5 Å². The summed E-state index contributed by atoms with van der Waals surface area (Å²) in [6.07, 6.45) is 0. The molecule has 7 nitrogen and oxygen atoms in total. The molecule has 8 heteroatoms. The monoisotopic (exact) mass is 413 g/mol. The summed E-state index contributed by atoms with van der Waals surface area (Å²) in [5.41, 5.74) is 0.972. The number of para-hydroxylation sites is 2. The molecule has 0 unspecified atom stereocenters. The lowest BCUT2D eigenvalue weighted by atomic mass is 10.2. The molecule has 29 heavy (non-hydrogen) atoms. The zero-order valence-corrected chi connectivity index (χ0v) is 17.4. The largest absolute Gasteiger partial charge is 0.492 e. The molecule has 3 rings (SSSR count). The molecule has 0 saturated heterocycles. The standard InChI is InChI=1S/C21H23N3O4S/c1-4-27-16-11-8-12-17(28-5-2)19(16)23-18(25)13-29-21-22-15-10-7-6-9-14(15)20(26)24(21)3/h6-12H,4-5,13H2,1-3H3,(H,23,25). The highest BCUT2D eigenvalue weighted by Crippen LogP contribution is 2.35. The summed E-state index contributed by atoms with van der Waals surface area (Å²) in [5.74, 6) is 0.941. The summed E-state index contributed by atoms with van der Waals surface area (Å²) in [6.45, 7) is 4.69. The number of benzene rings is 2. The molecule has 0 aliphatic carbocycles. The van der Waals surface area contributed by atoms with E-state index in [1.165, 1.54) is 16.3 Å². The quantitative estimate of drug-likeness (QED) is 0.450. The number of nitrogens with zero attached hydrogens (tertiary/aromatic N) is 2. The Morgan fingerprint density at radius 1 is 1.07 bits per heavy atom. The molecule has 3 aromatic rings. The zero-order chi connectivity index (χ0) is 20.8. The lowest BCUT2D eigenvalue weighted by Crippen LogP contribution is -2.21. The van der Waals surface area contributed by atoms with Gasteiger partial charge in [-0.05, 0) is 38.1 Å². The van der Waals surface area contributed by atoms with Crippen LogP contribution < -0.4 is 20.3 Å². The van der Waals surface area contributed by atoms with Gasteiger partial charge in [-0.25, -0.2) is 4.98 Å². The van der Waals surface area contributed by atoms with E-state index in [4.69, 9.17) is 9.47 Å². The lowest BCUT2D eigenvalue weighted by molar-refractivity contribution is -0.113. The molecule has 0 bridgehead atoms. The third-order valence-electron chi connectivity index (χ3n) is 4.13. The van der Waals surface area contributed by atoms with Crippen molar-refractivity contribution in [2.24, 2.45) is 7.05 Å². The number of thioether (sulfide) groups is 1. The second kappa shape index (κ2) is 9.47. The molecule has 0 atom stereocenters. The average Bonchev–Trinajstić information content (AvgIpc) is 2.72. The van der Waals surface area contributed by atoms with Crippen molar-refractivity contribution in [3.8, 4) is 11.5 Å². The fourth-order valence-electron chi connectivity index (χ4n) is 2.82. The molecule has 0 aliphatic rings. The van der Waals surface area contributed by atoms with Crippen LogP contribution in [0.1, 0.15) is 13.8 Å². The van der Waals surface area contributed by atoms with Crippen molar-refractivity contribution in [2.75, 3.05) is 24.3 Å². The van der Waals surface area contributed by atoms with Crippen LogP contribution in [0.25, 0.3) is 10.9 Å². The fraction of sp³-hybridized carbons (Fsp3) is 0.286. The van der Waals surface area contributed by atoms with E-state index in [1.54, 1.807) is 37.4 Å². The number of ether oxygens (including phenoxy) is 2. The first-order chi connectivity index (χ1) is 14.0. The maximum absolute atomic E-state index is 12.6. The van der Waals surface area contributed by atoms with E-state index in [1.807, 2.05) is 26.0 Å². The van der Waals surface area contributed by atoms with Gasteiger partial charge in [0.25, 0.3) is 5.56 Å². The number of carbonyl (C=O) groups is 1. The first-order valence-corrected chi connectivity index (χ1v) is 10.3. The SMILES string of the molecule is CCOc1cccc(OCC)c1NC(=O)CSc1nc2ccccc2c(=O)n1C. The van der Waals surface area contributed by atoms with Gasteiger partial charge in [-0.15, -0.1) is 0 Å². The number of amides is 1. The van der Waals surface area contributed by atoms with E-state index < -0.39 is 0 Å². The molecule has 1 heterocycles. The van der Waals surface area contributed by atoms with E-state index in [9.17, 15) is 9.59 Å². The van der Waals surface area contributed by atoms with Crippen LogP contribution in [0.4, 0.5) is 5.69 Å². The number of carbonyl (C=O) groups excluding carboxylic acids is 1. The van der Waals surface area contributed by atoms with Gasteiger partial charge in [0, 0.05) is 7.05 Å². The molecule has 2 aromatic carbocycles. The first kappa shape index (κ1) is 20.7. The number of aromatic nitrogens is 2. The van der Waals surface area contributed by atoms with Gasteiger partial charge in [-0.2, -0.15) is 0 Å². The number of anilines is 1. The second-order valence-electron chi connectivity index (χ2n) is 6.11. The molecule has 0 saturated carbocycles. The van der Waals surface area contributed by atoms with Crippen LogP contribution in [0.15, 0.2) is 52.4 Å². The molecule has 0 radical (unpaired) electrons. The Kier molecular flexibility index (Phi) is 6.77. The summed E-state index contributed by atoms with van der Waals surface area (Å²) >= 11 is 1.20. The summed E-state index contributed by atoms with van der Waals surface area (Å²) in [4.78, 5) is 29.6. The van der Waals surface area contributed by atoms with Crippen LogP contribution >= 0.6 is 11.8 Å². The van der Waals surface area contributed by atoms with Crippen LogP contribution in [-0.4, -0.2) is 34.4 Å². The Morgan fingerprint density at radius 3 is 2.38 bits per heavy atom. The Labute approximate surface area is 173 Å². The summed E-state index contributed by atoms with van der Waals surface area (Å²) in [6, 6.07) is 12.5. The van der Waals surface area contributed by atoms with Gasteiger partial charge in [-0.3, -0.25) is 14.2 Å². The third kappa shape index (κ3) is 4.71. The molecular weight excluding hydrogens is 390 g/mol. The van der Waals surface area contributed by atoms with Gasteiger partial charge in [-0.1, -0.05) is 30.0 Å². The van der Waals surface area contributed by atoms with E-state index in [2.05, 4.69) is 10.3 Å². The maximum Gasteiger partial charge on any atom is 0.261 e. The third-order valence-corrected chi connectivity index (χ3v) is 5.16. The van der Waals surface area contributed by atoms with Gasteiger partial charge in [0.15, 0.2) is 5.16 Å². The number of nitrogens with one attached hydrogen (secondary N) is 1. The minimum absolute atomic E-state index is 0.0879. The normalized spacial score (nSPS) is 10.7. The van der Waals surface area contributed by atoms with Crippen molar-refractivity contribution in [1.82, 2.24) is 9.55 Å². The van der Waals surface area contributed by atoms with Crippen LogP contribution in [0, 0.1) is 0 Å². The summed E-state index contributed by atoms with van der Waals surface area (Å²) in [7, 11) is 1.65. The predicted molar refractivity (Wildman–Crippen MR) is 115 cm³/mol. The van der Waals surface area contributed by atoms with Crippen LogP contribution in [-0.2, 0) is 11.8 Å². The van der Waals surface area contributed by atoms with Crippen molar-refractivity contribution >= 4 is 34.3 Å². The number of hydrogen-bond acceptors (Lipinski definition) is 6. The second-order valence-corrected chi connectivity index (χ2v) is 7.05. The highest BCUT2D eigenvalue weighted by Gasteiger charge is 2.16. The smallest absolute Gasteiger partial charge is 0.261 e. The summed E-state index contributed by atoms with van der Waals surface area (Å²) in [5, 5.41) is 3.90.